The van der Waals surface area contributed by atoms with Crippen molar-refractivity contribution in [3.8, 4) is 0 Å². The van der Waals surface area contributed by atoms with Crippen molar-refractivity contribution in [2.75, 3.05) is 0 Å². The van der Waals surface area contributed by atoms with E-state index in [9.17, 15) is 4.79 Å². The Balaban J connectivity index is 1.68. The number of thiophene rings is 1. The molecule has 0 spiro atoms. The van der Waals surface area contributed by atoms with Gasteiger partial charge in [-0.2, -0.15) is 0 Å². The standard InChI is InChI=1S/C18H25N3OS/c1-10-7-8-13-14(9-10)23-18-15(13)17(22)20-16(21-18)11(2)19-12-5-3-4-6-12/h10-12,19H,3-9H2,1-2H3,(H,20,21,22)/p+1/t10-,11-/m1/s1. The van der Waals surface area contributed by atoms with Crippen LogP contribution in [0.5, 0.6) is 0 Å². The molecule has 0 aromatic carbocycles. The molecule has 0 saturated heterocycles. The van der Waals surface area contributed by atoms with Crippen LogP contribution in [0.25, 0.3) is 10.2 Å². The second kappa shape index (κ2) is 6.02. The van der Waals surface area contributed by atoms with Gasteiger partial charge in [-0.15, -0.1) is 11.3 Å². The maximum absolute atomic E-state index is 12.7. The average Bonchev–Trinajstić information content (AvgIpc) is 3.13. The van der Waals surface area contributed by atoms with E-state index >= 15 is 0 Å². The average molecular weight is 332 g/mol. The molecule has 23 heavy (non-hydrogen) atoms. The largest absolute Gasteiger partial charge is 0.335 e. The summed E-state index contributed by atoms with van der Waals surface area (Å²) in [6, 6.07) is 0.927. The number of aromatic amines is 1. The first kappa shape index (κ1) is 15.3. The van der Waals surface area contributed by atoms with Crippen molar-refractivity contribution >= 4 is 21.6 Å². The lowest BCUT2D eigenvalue weighted by Crippen LogP contribution is -2.90. The second-order valence-corrected chi connectivity index (χ2v) is 8.59. The Bertz CT molecular complexity index is 772. The predicted molar refractivity (Wildman–Crippen MR) is 94.0 cm³/mol. The monoisotopic (exact) mass is 332 g/mol. The molecule has 1 saturated carbocycles. The molecule has 2 aromatic heterocycles. The van der Waals surface area contributed by atoms with Crippen LogP contribution in [0.2, 0.25) is 0 Å². The van der Waals surface area contributed by atoms with E-state index in [2.05, 4.69) is 24.1 Å². The highest BCUT2D eigenvalue weighted by atomic mass is 32.1. The van der Waals surface area contributed by atoms with Crippen LogP contribution in [0.4, 0.5) is 0 Å². The number of hydrogen-bond donors (Lipinski definition) is 2. The lowest BCUT2D eigenvalue weighted by Gasteiger charge is -2.17. The van der Waals surface area contributed by atoms with E-state index in [-0.39, 0.29) is 11.6 Å². The van der Waals surface area contributed by atoms with Crippen molar-refractivity contribution in [1.29, 1.82) is 0 Å². The number of aromatic nitrogens is 2. The zero-order valence-electron chi connectivity index (χ0n) is 14.0. The van der Waals surface area contributed by atoms with Crippen LogP contribution in [-0.4, -0.2) is 16.0 Å². The van der Waals surface area contributed by atoms with Gasteiger partial charge in [0, 0.05) is 4.88 Å². The highest BCUT2D eigenvalue weighted by Gasteiger charge is 2.26. The Morgan fingerprint density at radius 2 is 2.09 bits per heavy atom. The van der Waals surface area contributed by atoms with E-state index in [0.717, 1.165) is 34.8 Å². The number of nitrogens with two attached hydrogens (primary N) is 1. The maximum atomic E-state index is 12.7. The summed E-state index contributed by atoms with van der Waals surface area (Å²) in [6.07, 6.45) is 8.59. The van der Waals surface area contributed by atoms with Gasteiger partial charge in [-0.25, -0.2) is 4.98 Å². The number of nitrogens with zero attached hydrogens (tertiary/aromatic N) is 1. The van der Waals surface area contributed by atoms with Crippen molar-refractivity contribution < 1.29 is 5.32 Å². The zero-order valence-corrected chi connectivity index (χ0v) is 14.8. The summed E-state index contributed by atoms with van der Waals surface area (Å²) in [6.45, 7) is 4.47. The SMILES string of the molecule is C[C@@H]1CCc2c(sc3nc([C@@H](C)[NH2+]C4CCCC4)[nH]c(=O)c23)C1. The summed E-state index contributed by atoms with van der Waals surface area (Å²) in [5, 5.41) is 3.26. The van der Waals surface area contributed by atoms with Crippen LogP contribution in [0.1, 0.15) is 68.3 Å². The number of fused-ring (bicyclic) bond motifs is 3. The molecule has 4 rings (SSSR count). The zero-order chi connectivity index (χ0) is 16.0. The van der Waals surface area contributed by atoms with Crippen molar-refractivity contribution in [1.82, 2.24) is 9.97 Å². The van der Waals surface area contributed by atoms with Crippen LogP contribution in [0.15, 0.2) is 4.79 Å². The van der Waals surface area contributed by atoms with Crippen LogP contribution in [0, 0.1) is 5.92 Å². The van der Waals surface area contributed by atoms with Crippen LogP contribution < -0.4 is 10.9 Å². The van der Waals surface area contributed by atoms with Crippen LogP contribution in [0.3, 0.4) is 0 Å². The van der Waals surface area contributed by atoms with Crippen molar-refractivity contribution in [2.24, 2.45) is 5.92 Å². The van der Waals surface area contributed by atoms with E-state index < -0.39 is 0 Å². The minimum Gasteiger partial charge on any atom is -0.335 e. The topological polar surface area (TPSA) is 62.4 Å². The summed E-state index contributed by atoms with van der Waals surface area (Å²) in [4.78, 5) is 22.9. The van der Waals surface area contributed by atoms with E-state index in [0.29, 0.717) is 6.04 Å². The summed E-state index contributed by atoms with van der Waals surface area (Å²) in [5.41, 5.74) is 1.35. The maximum Gasteiger partial charge on any atom is 0.260 e. The fourth-order valence-electron chi connectivity index (χ4n) is 4.23. The fraction of sp³-hybridized carbons (Fsp3) is 0.667. The molecule has 2 aromatic rings. The molecule has 2 atom stereocenters. The van der Waals surface area contributed by atoms with Gasteiger partial charge in [0.1, 0.15) is 10.9 Å². The quantitative estimate of drug-likeness (QED) is 0.908. The molecular formula is C18H26N3OS+. The van der Waals surface area contributed by atoms with Gasteiger partial charge in [0.25, 0.3) is 5.56 Å². The molecule has 3 N–H and O–H groups in total. The molecule has 0 radical (unpaired) electrons. The molecular weight excluding hydrogens is 306 g/mol. The summed E-state index contributed by atoms with van der Waals surface area (Å²) < 4.78 is 0. The molecule has 0 amide bonds. The Kier molecular flexibility index (Phi) is 4.01. The van der Waals surface area contributed by atoms with Gasteiger partial charge >= 0.3 is 0 Å². The van der Waals surface area contributed by atoms with E-state index in [4.69, 9.17) is 4.98 Å². The molecule has 0 unspecified atom stereocenters. The number of quaternary nitrogens is 1. The van der Waals surface area contributed by atoms with Crippen LogP contribution >= 0.6 is 11.3 Å². The van der Waals surface area contributed by atoms with Crippen molar-refractivity contribution in [3.63, 3.8) is 0 Å². The summed E-state index contributed by atoms with van der Waals surface area (Å²) in [7, 11) is 0. The third kappa shape index (κ3) is 2.85. The minimum atomic E-state index is 0.0729. The van der Waals surface area contributed by atoms with E-state index in [1.165, 1.54) is 42.5 Å². The van der Waals surface area contributed by atoms with Gasteiger partial charge in [-0.05, 0) is 63.4 Å². The lowest BCUT2D eigenvalue weighted by molar-refractivity contribution is -0.724. The lowest BCUT2D eigenvalue weighted by atomic mass is 9.89. The molecule has 4 nitrogen and oxygen atoms in total. The Labute approximate surface area is 140 Å². The van der Waals surface area contributed by atoms with Gasteiger partial charge in [0.05, 0.1) is 11.4 Å². The third-order valence-corrected chi connectivity index (χ3v) is 6.72. The molecule has 0 aliphatic heterocycles. The number of nitrogens with one attached hydrogen (secondary N) is 1. The van der Waals surface area contributed by atoms with E-state index in [1.54, 1.807) is 11.3 Å². The smallest absolute Gasteiger partial charge is 0.260 e. The Hall–Kier alpha value is -1.20. The summed E-state index contributed by atoms with van der Waals surface area (Å²) in [5.74, 6) is 1.57. The predicted octanol–water partition coefficient (Wildman–Crippen LogP) is 2.68. The first-order valence-electron chi connectivity index (χ1n) is 9.01. The Morgan fingerprint density at radius 3 is 2.87 bits per heavy atom. The molecule has 1 fully saturated rings. The van der Waals surface area contributed by atoms with Crippen molar-refractivity contribution in [3.05, 3.63) is 26.6 Å². The van der Waals surface area contributed by atoms with Crippen molar-refractivity contribution in [2.45, 2.75) is 70.9 Å². The molecule has 0 bridgehead atoms. The van der Waals surface area contributed by atoms with E-state index in [1.807, 2.05) is 0 Å². The Morgan fingerprint density at radius 1 is 1.30 bits per heavy atom. The van der Waals surface area contributed by atoms with Gasteiger partial charge in [-0.1, -0.05) is 6.92 Å². The number of rotatable bonds is 3. The highest BCUT2D eigenvalue weighted by molar-refractivity contribution is 7.18. The fourth-order valence-corrected chi connectivity index (χ4v) is 5.62. The van der Waals surface area contributed by atoms with Gasteiger partial charge in [0.15, 0.2) is 5.82 Å². The minimum absolute atomic E-state index is 0.0729. The molecule has 2 aliphatic carbocycles. The van der Waals surface area contributed by atoms with Gasteiger partial charge < -0.3 is 10.3 Å². The first-order chi connectivity index (χ1) is 11.1. The second-order valence-electron chi connectivity index (χ2n) is 7.51. The number of hydrogen-bond acceptors (Lipinski definition) is 3. The molecule has 5 heteroatoms. The van der Waals surface area contributed by atoms with Crippen LogP contribution in [-0.2, 0) is 12.8 Å². The van der Waals surface area contributed by atoms with Gasteiger partial charge in [0.2, 0.25) is 0 Å². The normalized spacial score (nSPS) is 23.3. The number of H-pyrrole nitrogens is 1. The molecule has 124 valence electrons. The number of aryl methyl sites for hydroxylation is 1. The summed E-state index contributed by atoms with van der Waals surface area (Å²) >= 11 is 1.75. The first-order valence-corrected chi connectivity index (χ1v) is 9.83. The highest BCUT2D eigenvalue weighted by Crippen LogP contribution is 2.35. The third-order valence-electron chi connectivity index (χ3n) is 5.58. The molecule has 2 heterocycles. The van der Waals surface area contributed by atoms with Gasteiger partial charge in [-0.3, -0.25) is 4.79 Å². The molecule has 2 aliphatic rings.